The molecule has 11 heteroatoms. The molecule has 0 bridgehead atoms. The first-order valence-electron chi connectivity index (χ1n) is 8.19. The Kier molecular flexibility index (Phi) is 7.38. The van der Waals surface area contributed by atoms with Gasteiger partial charge in [-0.25, -0.2) is 13.2 Å². The van der Waals surface area contributed by atoms with E-state index in [9.17, 15) is 13.2 Å². The molecule has 1 aliphatic heterocycles. The van der Waals surface area contributed by atoms with Crippen molar-refractivity contribution in [3.05, 3.63) is 17.9 Å². The number of nitrogens with zero attached hydrogens (tertiary/aromatic N) is 2. The normalized spacial score (nSPS) is 15.7. The minimum absolute atomic E-state index is 0.132. The van der Waals surface area contributed by atoms with Crippen molar-refractivity contribution >= 4 is 33.3 Å². The average Bonchev–Trinajstić information content (AvgIpc) is 3.13. The van der Waals surface area contributed by atoms with Crippen molar-refractivity contribution in [1.29, 1.82) is 0 Å². The van der Waals surface area contributed by atoms with Gasteiger partial charge in [0.15, 0.2) is 5.11 Å². The maximum Gasteiger partial charge on any atom is 0.374 e. The topological polar surface area (TPSA) is 101 Å². The minimum Gasteiger partial charge on any atom is -0.460 e. The lowest BCUT2D eigenvalue weighted by atomic mass is 10.4. The Morgan fingerprint density at radius 1 is 1.31 bits per heavy atom. The number of piperazine rings is 1. The SMILES string of the molecule is CCOC(=O)c1ccc(S(=O)(=O)N2CCN(C(=S)NCCOC)CC2)o1. The molecule has 1 aliphatic rings. The molecule has 0 amide bonds. The number of thiocarbonyl (C=S) groups is 1. The summed E-state index contributed by atoms with van der Waals surface area (Å²) in [5.74, 6) is -0.821. The van der Waals surface area contributed by atoms with Crippen molar-refractivity contribution in [2.24, 2.45) is 0 Å². The van der Waals surface area contributed by atoms with Crippen LogP contribution in [0, 0.1) is 0 Å². The summed E-state index contributed by atoms with van der Waals surface area (Å²) in [5.41, 5.74) is 0. The maximum atomic E-state index is 12.7. The van der Waals surface area contributed by atoms with Crippen molar-refractivity contribution in [3.63, 3.8) is 0 Å². The molecule has 1 aromatic rings. The van der Waals surface area contributed by atoms with E-state index in [1.54, 1.807) is 14.0 Å². The summed E-state index contributed by atoms with van der Waals surface area (Å²) >= 11 is 5.29. The van der Waals surface area contributed by atoms with E-state index in [0.717, 1.165) is 0 Å². The van der Waals surface area contributed by atoms with Gasteiger partial charge >= 0.3 is 5.97 Å². The molecule has 0 spiro atoms. The van der Waals surface area contributed by atoms with Gasteiger partial charge in [-0.1, -0.05) is 0 Å². The number of esters is 1. The zero-order valence-electron chi connectivity index (χ0n) is 14.8. The first-order valence-corrected chi connectivity index (χ1v) is 10.0. The van der Waals surface area contributed by atoms with Crippen molar-refractivity contribution in [2.45, 2.75) is 12.0 Å². The number of ether oxygens (including phenoxy) is 2. The van der Waals surface area contributed by atoms with E-state index >= 15 is 0 Å². The molecule has 26 heavy (non-hydrogen) atoms. The molecular weight excluding hydrogens is 382 g/mol. The van der Waals surface area contributed by atoms with Crippen LogP contribution >= 0.6 is 12.2 Å². The molecule has 2 heterocycles. The van der Waals surface area contributed by atoms with Gasteiger partial charge in [0, 0.05) is 39.8 Å². The molecule has 0 unspecified atom stereocenters. The molecule has 2 rings (SSSR count). The van der Waals surface area contributed by atoms with Gasteiger partial charge in [-0.15, -0.1) is 0 Å². The van der Waals surface area contributed by atoms with Crippen LogP contribution in [0.5, 0.6) is 0 Å². The summed E-state index contributed by atoms with van der Waals surface area (Å²) in [6.07, 6.45) is 0. The molecule has 0 radical (unpaired) electrons. The number of rotatable bonds is 7. The number of sulfonamides is 1. The summed E-state index contributed by atoms with van der Waals surface area (Å²) in [7, 11) is -2.20. The number of nitrogens with one attached hydrogen (secondary N) is 1. The van der Waals surface area contributed by atoms with E-state index in [1.165, 1.54) is 16.4 Å². The van der Waals surface area contributed by atoms with Gasteiger partial charge in [0.25, 0.3) is 10.0 Å². The summed E-state index contributed by atoms with van der Waals surface area (Å²) in [6.45, 7) is 4.43. The van der Waals surface area contributed by atoms with E-state index in [1.807, 2.05) is 4.90 Å². The van der Waals surface area contributed by atoms with Crippen LogP contribution in [-0.2, 0) is 19.5 Å². The lowest BCUT2D eigenvalue weighted by Gasteiger charge is -2.35. The minimum atomic E-state index is -3.81. The third-order valence-corrected chi connectivity index (χ3v) is 5.94. The highest BCUT2D eigenvalue weighted by Crippen LogP contribution is 2.21. The van der Waals surface area contributed by atoms with Gasteiger partial charge in [0.1, 0.15) is 0 Å². The summed E-state index contributed by atoms with van der Waals surface area (Å²) in [6, 6.07) is 2.57. The first kappa shape index (κ1) is 20.6. The van der Waals surface area contributed by atoms with E-state index in [0.29, 0.717) is 31.4 Å². The predicted molar refractivity (Wildman–Crippen MR) is 97.5 cm³/mol. The molecule has 1 fully saturated rings. The van der Waals surface area contributed by atoms with Crippen LogP contribution in [0.15, 0.2) is 21.6 Å². The summed E-state index contributed by atoms with van der Waals surface area (Å²) in [4.78, 5) is 13.5. The third kappa shape index (κ3) is 4.93. The van der Waals surface area contributed by atoms with Crippen LogP contribution in [0.25, 0.3) is 0 Å². The molecule has 0 aromatic carbocycles. The maximum absolute atomic E-state index is 12.7. The standard InChI is InChI=1S/C15H23N3O6S2/c1-3-23-14(19)12-4-5-13(24-12)26(20,21)18-9-7-17(8-10-18)15(25)16-6-11-22-2/h4-5H,3,6-11H2,1-2H3,(H,16,25). The quantitative estimate of drug-likeness (QED) is 0.389. The summed E-state index contributed by atoms with van der Waals surface area (Å²) in [5, 5.41) is 3.36. The number of furan rings is 1. The Labute approximate surface area is 158 Å². The Hall–Kier alpha value is -1.69. The number of hydrogen-bond acceptors (Lipinski definition) is 7. The predicted octanol–water partition coefficient (Wildman–Crippen LogP) is 0.284. The second-order valence-corrected chi connectivity index (χ2v) is 7.71. The lowest BCUT2D eigenvalue weighted by molar-refractivity contribution is 0.0483. The van der Waals surface area contributed by atoms with Crippen molar-refractivity contribution < 1.29 is 27.1 Å². The highest BCUT2D eigenvalue weighted by molar-refractivity contribution is 7.89. The van der Waals surface area contributed by atoms with Crippen LogP contribution in [0.3, 0.4) is 0 Å². The van der Waals surface area contributed by atoms with E-state index in [4.69, 9.17) is 26.1 Å². The van der Waals surface area contributed by atoms with Crippen molar-refractivity contribution in [1.82, 2.24) is 14.5 Å². The number of carbonyl (C=O) groups is 1. The summed E-state index contributed by atoms with van der Waals surface area (Å²) < 4.78 is 41.6. The molecule has 9 nitrogen and oxygen atoms in total. The van der Waals surface area contributed by atoms with Crippen LogP contribution < -0.4 is 5.32 Å². The van der Waals surface area contributed by atoms with E-state index in [2.05, 4.69) is 5.32 Å². The monoisotopic (exact) mass is 405 g/mol. The third-order valence-electron chi connectivity index (χ3n) is 3.76. The fraction of sp³-hybridized carbons (Fsp3) is 0.600. The average molecular weight is 405 g/mol. The van der Waals surface area contributed by atoms with Gasteiger partial charge in [-0.3, -0.25) is 0 Å². The van der Waals surface area contributed by atoms with Gasteiger partial charge < -0.3 is 24.1 Å². The molecule has 0 aliphatic carbocycles. The van der Waals surface area contributed by atoms with Gasteiger partial charge in [0.05, 0.1) is 13.2 Å². The molecular formula is C15H23N3O6S2. The van der Waals surface area contributed by atoms with Crippen molar-refractivity contribution in [2.75, 3.05) is 53.0 Å². The molecule has 0 atom stereocenters. The van der Waals surface area contributed by atoms with E-state index < -0.39 is 16.0 Å². The van der Waals surface area contributed by atoms with Crippen LogP contribution in [0.2, 0.25) is 0 Å². The zero-order valence-corrected chi connectivity index (χ0v) is 16.4. The zero-order chi connectivity index (χ0) is 19.2. The van der Waals surface area contributed by atoms with Crippen LogP contribution in [0.4, 0.5) is 0 Å². The van der Waals surface area contributed by atoms with Gasteiger partial charge in [-0.2, -0.15) is 4.31 Å². The van der Waals surface area contributed by atoms with Gasteiger partial charge in [0.2, 0.25) is 10.9 Å². The number of methoxy groups -OCH3 is 1. The second kappa shape index (κ2) is 9.31. The number of carbonyl (C=O) groups excluding carboxylic acids is 1. The van der Waals surface area contributed by atoms with Crippen molar-refractivity contribution in [3.8, 4) is 0 Å². The highest BCUT2D eigenvalue weighted by atomic mass is 32.2. The first-order chi connectivity index (χ1) is 12.4. The fourth-order valence-electron chi connectivity index (χ4n) is 2.40. The molecule has 0 saturated carbocycles. The smallest absolute Gasteiger partial charge is 0.374 e. The Morgan fingerprint density at radius 2 is 2.00 bits per heavy atom. The van der Waals surface area contributed by atoms with E-state index in [-0.39, 0.29) is 30.5 Å². The Bertz CT molecular complexity index is 725. The Morgan fingerprint density at radius 3 is 2.62 bits per heavy atom. The van der Waals surface area contributed by atoms with Crippen LogP contribution in [-0.4, -0.2) is 81.8 Å². The molecule has 1 saturated heterocycles. The molecule has 146 valence electrons. The lowest BCUT2D eigenvalue weighted by Crippen LogP contribution is -2.53. The molecule has 1 N–H and O–H groups in total. The largest absolute Gasteiger partial charge is 0.460 e. The highest BCUT2D eigenvalue weighted by Gasteiger charge is 2.32. The van der Waals surface area contributed by atoms with Crippen LogP contribution in [0.1, 0.15) is 17.5 Å². The number of hydrogen-bond donors (Lipinski definition) is 1. The fourth-order valence-corrected chi connectivity index (χ4v) is 4.02. The van der Waals surface area contributed by atoms with Gasteiger partial charge in [-0.05, 0) is 31.3 Å². The Balaban J connectivity index is 1.95. The molecule has 1 aromatic heterocycles. The second-order valence-electron chi connectivity index (χ2n) is 5.46.